The van der Waals surface area contributed by atoms with E-state index in [-0.39, 0.29) is 11.6 Å². The number of aromatic nitrogens is 2. The Hall–Kier alpha value is -2.10. The highest BCUT2D eigenvalue weighted by molar-refractivity contribution is 5.75. The van der Waals surface area contributed by atoms with Gasteiger partial charge in [0.05, 0.1) is 5.69 Å². The molecule has 2 aromatic rings. The number of Topliss-reactive ketones (excluding diaryl/α,β-unsaturated/α-hetero) is 1. The Bertz CT molecular complexity index is 552. The lowest BCUT2D eigenvalue weighted by atomic mass is 10.1. The van der Waals surface area contributed by atoms with Crippen LogP contribution in [-0.4, -0.2) is 15.8 Å². The monoisotopic (exact) mass is 244 g/mol. The van der Waals surface area contributed by atoms with Crippen molar-refractivity contribution in [3.05, 3.63) is 48.2 Å². The number of carbonyl (C=O) groups excluding carboxylic acids is 1. The predicted octanol–water partition coefficient (Wildman–Crippen LogP) is 2.80. The van der Waals surface area contributed by atoms with Crippen molar-refractivity contribution in [2.24, 2.45) is 0 Å². The summed E-state index contributed by atoms with van der Waals surface area (Å²) in [7, 11) is 0. The van der Waals surface area contributed by atoms with Gasteiger partial charge in [0.2, 0.25) is 0 Å². The zero-order valence-corrected chi connectivity index (χ0v) is 10.1. The van der Waals surface area contributed by atoms with Crippen molar-refractivity contribution in [2.75, 3.05) is 0 Å². The number of halogens is 1. The van der Waals surface area contributed by atoms with Crippen LogP contribution in [0, 0.1) is 5.82 Å². The molecule has 0 N–H and O–H groups in total. The summed E-state index contributed by atoms with van der Waals surface area (Å²) in [6, 6.07) is 7.91. The molecule has 0 atom stereocenters. The van der Waals surface area contributed by atoms with Crippen LogP contribution >= 0.6 is 0 Å². The van der Waals surface area contributed by atoms with Crippen LogP contribution < -0.4 is 0 Å². The Kier molecular flexibility index (Phi) is 3.77. The normalized spacial score (nSPS) is 10.3. The molecule has 0 radical (unpaired) electrons. The first kappa shape index (κ1) is 12.4. The summed E-state index contributed by atoms with van der Waals surface area (Å²) in [4.78, 5) is 19.4. The number of nitrogens with zero attached hydrogens (tertiary/aromatic N) is 2. The molecular weight excluding hydrogens is 231 g/mol. The number of carbonyl (C=O) groups is 1. The molecule has 0 saturated heterocycles. The summed E-state index contributed by atoms with van der Waals surface area (Å²) in [6.45, 7) is 1.55. The molecule has 0 fully saturated rings. The van der Waals surface area contributed by atoms with Crippen LogP contribution in [0.4, 0.5) is 4.39 Å². The molecule has 1 aromatic heterocycles. The Morgan fingerprint density at radius 1 is 1.22 bits per heavy atom. The van der Waals surface area contributed by atoms with Crippen molar-refractivity contribution < 1.29 is 9.18 Å². The molecule has 1 heterocycles. The predicted molar refractivity (Wildman–Crippen MR) is 66.4 cm³/mol. The molecule has 3 nitrogen and oxygen atoms in total. The van der Waals surface area contributed by atoms with Gasteiger partial charge < -0.3 is 4.79 Å². The Morgan fingerprint density at radius 3 is 2.61 bits per heavy atom. The van der Waals surface area contributed by atoms with Crippen molar-refractivity contribution in [2.45, 2.75) is 19.8 Å². The van der Waals surface area contributed by atoms with E-state index in [1.165, 1.54) is 12.1 Å². The van der Waals surface area contributed by atoms with Gasteiger partial charge in [-0.1, -0.05) is 0 Å². The smallest absolute Gasteiger partial charge is 0.130 e. The number of benzene rings is 1. The van der Waals surface area contributed by atoms with Crippen molar-refractivity contribution in [3.8, 4) is 11.3 Å². The third kappa shape index (κ3) is 3.20. The highest BCUT2D eigenvalue weighted by Gasteiger charge is 2.03. The molecule has 0 bridgehead atoms. The molecule has 0 saturated carbocycles. The van der Waals surface area contributed by atoms with E-state index in [4.69, 9.17) is 0 Å². The first-order valence-electron chi connectivity index (χ1n) is 5.72. The van der Waals surface area contributed by atoms with Gasteiger partial charge in [0.1, 0.15) is 17.4 Å². The van der Waals surface area contributed by atoms with Gasteiger partial charge in [0.25, 0.3) is 0 Å². The second-order valence-corrected chi connectivity index (χ2v) is 4.07. The third-order valence-electron chi connectivity index (χ3n) is 2.55. The average Bonchev–Trinajstić information content (AvgIpc) is 2.37. The first-order chi connectivity index (χ1) is 8.65. The van der Waals surface area contributed by atoms with E-state index in [0.717, 1.165) is 11.3 Å². The number of hydrogen-bond acceptors (Lipinski definition) is 3. The fraction of sp³-hybridized carbons (Fsp3) is 0.214. The standard InChI is InChI=1S/C14H13FN2O/c1-10(18)2-7-14-16-9-8-13(17-14)11-3-5-12(15)6-4-11/h3-6,8-9H,2,7H2,1H3. The second-order valence-electron chi connectivity index (χ2n) is 4.07. The minimum absolute atomic E-state index is 0.116. The van der Waals surface area contributed by atoms with Crippen LogP contribution in [0.2, 0.25) is 0 Å². The van der Waals surface area contributed by atoms with Crippen LogP contribution in [0.3, 0.4) is 0 Å². The minimum atomic E-state index is -0.274. The lowest BCUT2D eigenvalue weighted by molar-refractivity contribution is -0.117. The highest BCUT2D eigenvalue weighted by atomic mass is 19.1. The Balaban J connectivity index is 2.21. The largest absolute Gasteiger partial charge is 0.300 e. The molecule has 0 aliphatic rings. The maximum absolute atomic E-state index is 12.8. The van der Waals surface area contributed by atoms with Gasteiger partial charge in [-0.05, 0) is 37.3 Å². The molecule has 92 valence electrons. The van der Waals surface area contributed by atoms with Crippen LogP contribution in [0.1, 0.15) is 19.2 Å². The van der Waals surface area contributed by atoms with E-state index in [0.29, 0.717) is 18.7 Å². The third-order valence-corrected chi connectivity index (χ3v) is 2.55. The van der Waals surface area contributed by atoms with Gasteiger partial charge in [-0.25, -0.2) is 14.4 Å². The topological polar surface area (TPSA) is 42.9 Å². The Morgan fingerprint density at radius 2 is 1.94 bits per heavy atom. The number of rotatable bonds is 4. The molecular formula is C14H13FN2O. The van der Waals surface area contributed by atoms with Crippen molar-refractivity contribution in [1.82, 2.24) is 9.97 Å². The van der Waals surface area contributed by atoms with E-state index in [1.807, 2.05) is 0 Å². The van der Waals surface area contributed by atoms with Crippen molar-refractivity contribution >= 4 is 5.78 Å². The highest BCUT2D eigenvalue weighted by Crippen LogP contribution is 2.17. The lowest BCUT2D eigenvalue weighted by Crippen LogP contribution is -2.00. The quantitative estimate of drug-likeness (QED) is 0.830. The fourth-order valence-electron chi connectivity index (χ4n) is 1.59. The number of aryl methyl sites for hydroxylation is 1. The minimum Gasteiger partial charge on any atom is -0.300 e. The van der Waals surface area contributed by atoms with E-state index in [1.54, 1.807) is 31.3 Å². The van der Waals surface area contributed by atoms with Gasteiger partial charge in [-0.15, -0.1) is 0 Å². The van der Waals surface area contributed by atoms with Gasteiger partial charge in [-0.3, -0.25) is 0 Å². The maximum Gasteiger partial charge on any atom is 0.130 e. The van der Waals surface area contributed by atoms with Crippen molar-refractivity contribution in [3.63, 3.8) is 0 Å². The van der Waals surface area contributed by atoms with E-state index >= 15 is 0 Å². The maximum atomic E-state index is 12.8. The van der Waals surface area contributed by atoms with Crippen molar-refractivity contribution in [1.29, 1.82) is 0 Å². The summed E-state index contributed by atoms with van der Waals surface area (Å²) in [5.74, 6) is 0.474. The number of hydrogen-bond donors (Lipinski definition) is 0. The van der Waals surface area contributed by atoms with Gasteiger partial charge >= 0.3 is 0 Å². The van der Waals surface area contributed by atoms with Gasteiger partial charge in [0.15, 0.2) is 0 Å². The SMILES string of the molecule is CC(=O)CCc1nccc(-c2ccc(F)cc2)n1. The summed E-state index contributed by atoms with van der Waals surface area (Å²) in [6.07, 6.45) is 2.62. The van der Waals surface area contributed by atoms with E-state index < -0.39 is 0 Å². The van der Waals surface area contributed by atoms with Crippen LogP contribution in [0.5, 0.6) is 0 Å². The van der Waals surface area contributed by atoms with Gasteiger partial charge in [0, 0.05) is 24.6 Å². The Labute approximate surface area is 105 Å². The van der Waals surface area contributed by atoms with Crippen LogP contribution in [-0.2, 0) is 11.2 Å². The zero-order chi connectivity index (χ0) is 13.0. The zero-order valence-electron chi connectivity index (χ0n) is 10.1. The first-order valence-corrected chi connectivity index (χ1v) is 5.72. The van der Waals surface area contributed by atoms with Gasteiger partial charge in [-0.2, -0.15) is 0 Å². The molecule has 0 aliphatic carbocycles. The summed E-state index contributed by atoms with van der Waals surface area (Å²) >= 11 is 0. The molecule has 0 aliphatic heterocycles. The van der Waals surface area contributed by atoms with E-state index in [2.05, 4.69) is 9.97 Å². The molecule has 4 heteroatoms. The lowest BCUT2D eigenvalue weighted by Gasteiger charge is -2.03. The molecule has 0 unspecified atom stereocenters. The van der Waals surface area contributed by atoms with E-state index in [9.17, 15) is 9.18 Å². The fourth-order valence-corrected chi connectivity index (χ4v) is 1.59. The summed E-state index contributed by atoms with van der Waals surface area (Å²) in [5.41, 5.74) is 1.58. The van der Waals surface area contributed by atoms with Crippen LogP contribution in [0.25, 0.3) is 11.3 Å². The molecule has 0 amide bonds. The number of ketones is 1. The summed E-state index contributed by atoms with van der Waals surface area (Å²) < 4.78 is 12.8. The average molecular weight is 244 g/mol. The molecule has 18 heavy (non-hydrogen) atoms. The van der Waals surface area contributed by atoms with Crippen LogP contribution in [0.15, 0.2) is 36.5 Å². The molecule has 0 spiro atoms. The summed E-state index contributed by atoms with van der Waals surface area (Å²) in [5, 5.41) is 0. The molecule has 2 rings (SSSR count). The second kappa shape index (κ2) is 5.49. The molecule has 1 aromatic carbocycles.